The maximum absolute atomic E-state index is 14.8. The van der Waals surface area contributed by atoms with Crippen LogP contribution in [0.1, 0.15) is 12.0 Å². The molecule has 4 aromatic rings. The SMILES string of the molecule is Cn1cc(-c2ccc(CNc3ncnc4c3ccn4C[C@@H]3CCN(CC(N)=O)C[C@H]3O)c(F)c2)cn1. The minimum absolute atomic E-state index is 0.0310. The summed E-state index contributed by atoms with van der Waals surface area (Å²) in [7, 11) is 1.82. The largest absolute Gasteiger partial charge is 0.391 e. The number of primary amides is 1. The number of likely N-dealkylation sites (tertiary alicyclic amines) is 1. The van der Waals surface area contributed by atoms with Crippen LogP contribution in [0.5, 0.6) is 0 Å². The van der Waals surface area contributed by atoms with Crippen LogP contribution in [-0.4, -0.2) is 66.0 Å². The van der Waals surface area contributed by atoms with Crippen LogP contribution < -0.4 is 11.1 Å². The lowest BCUT2D eigenvalue weighted by Crippen LogP contribution is -2.47. The number of hydrogen-bond acceptors (Lipinski definition) is 7. The van der Waals surface area contributed by atoms with Crippen molar-refractivity contribution < 1.29 is 14.3 Å². The molecule has 0 saturated carbocycles. The van der Waals surface area contributed by atoms with Crippen LogP contribution in [0.25, 0.3) is 22.2 Å². The van der Waals surface area contributed by atoms with E-state index in [0.29, 0.717) is 31.0 Å². The van der Waals surface area contributed by atoms with E-state index in [1.54, 1.807) is 16.9 Å². The van der Waals surface area contributed by atoms with E-state index in [-0.39, 0.29) is 24.8 Å². The molecule has 10 nitrogen and oxygen atoms in total. The number of amides is 1. The van der Waals surface area contributed by atoms with Gasteiger partial charge in [0.05, 0.1) is 24.2 Å². The molecular formula is C25H29FN8O2. The van der Waals surface area contributed by atoms with Gasteiger partial charge in [0.15, 0.2) is 0 Å². The Balaban J connectivity index is 1.26. The molecule has 2 atom stereocenters. The summed E-state index contributed by atoms with van der Waals surface area (Å²) in [5, 5.41) is 18.8. The molecule has 5 rings (SSSR count). The monoisotopic (exact) mass is 492 g/mol. The van der Waals surface area contributed by atoms with E-state index in [4.69, 9.17) is 5.73 Å². The Morgan fingerprint density at radius 3 is 2.86 bits per heavy atom. The number of nitrogens with zero attached hydrogens (tertiary/aromatic N) is 6. The number of carbonyl (C=O) groups excluding carboxylic acids is 1. The molecule has 1 aliphatic heterocycles. The van der Waals surface area contributed by atoms with Gasteiger partial charge in [0.2, 0.25) is 5.91 Å². The molecule has 0 radical (unpaired) electrons. The number of nitrogens with one attached hydrogen (secondary N) is 1. The van der Waals surface area contributed by atoms with E-state index < -0.39 is 12.0 Å². The molecule has 0 spiro atoms. The van der Waals surface area contributed by atoms with Crippen LogP contribution in [0.3, 0.4) is 0 Å². The van der Waals surface area contributed by atoms with Crippen molar-refractivity contribution in [2.24, 2.45) is 18.7 Å². The van der Waals surface area contributed by atoms with E-state index in [1.807, 2.05) is 41.0 Å². The Labute approximate surface area is 207 Å². The lowest BCUT2D eigenvalue weighted by Gasteiger charge is -2.35. The summed E-state index contributed by atoms with van der Waals surface area (Å²) in [6, 6.07) is 7.08. The highest BCUT2D eigenvalue weighted by Gasteiger charge is 2.29. The molecule has 36 heavy (non-hydrogen) atoms. The van der Waals surface area contributed by atoms with Crippen LogP contribution >= 0.6 is 0 Å². The second-order valence-electron chi connectivity index (χ2n) is 9.31. The lowest BCUT2D eigenvalue weighted by atomic mass is 9.93. The van der Waals surface area contributed by atoms with E-state index in [2.05, 4.69) is 20.4 Å². The second-order valence-corrected chi connectivity index (χ2v) is 9.31. The van der Waals surface area contributed by atoms with Crippen LogP contribution in [0.15, 0.2) is 49.2 Å². The van der Waals surface area contributed by atoms with Gasteiger partial charge in [-0.1, -0.05) is 12.1 Å². The van der Waals surface area contributed by atoms with Crippen LogP contribution in [-0.2, 0) is 24.9 Å². The lowest BCUT2D eigenvalue weighted by molar-refractivity contribution is -0.120. The first kappa shape index (κ1) is 23.9. The molecular weight excluding hydrogens is 463 g/mol. The van der Waals surface area contributed by atoms with Gasteiger partial charge in [-0.25, -0.2) is 14.4 Å². The van der Waals surface area contributed by atoms with Crippen LogP contribution in [0.4, 0.5) is 10.2 Å². The normalized spacial score (nSPS) is 18.5. The minimum Gasteiger partial charge on any atom is -0.391 e. The number of nitrogens with two attached hydrogens (primary N) is 1. The number of aliphatic hydroxyl groups is 1. The summed E-state index contributed by atoms with van der Waals surface area (Å²) in [4.78, 5) is 21.9. The number of β-amino-alcohol motifs (C(OH)–C–C–N with tert-alkyl or cyclic N) is 1. The zero-order chi connectivity index (χ0) is 25.2. The standard InChI is InChI=1S/C25H29FN8O2/c1-32-11-19(10-31-32)16-2-3-17(21(26)8-16)9-28-24-20-5-7-34(25(20)30-15-29-24)12-18-4-6-33(13-22(18)35)14-23(27)36/h2-3,5,7-8,10-11,15,18,22,35H,4,6,9,12-14H2,1H3,(H2,27,36)(H,28,29,30)/t18-,22+/m0/s1. The van der Waals surface area contributed by atoms with Gasteiger partial charge in [-0.3, -0.25) is 14.4 Å². The summed E-state index contributed by atoms with van der Waals surface area (Å²) < 4.78 is 18.5. The van der Waals surface area contributed by atoms with Crippen LogP contribution in [0.2, 0.25) is 0 Å². The molecule has 1 aromatic carbocycles. The number of piperidine rings is 1. The van der Waals surface area contributed by atoms with Gasteiger partial charge >= 0.3 is 0 Å². The van der Waals surface area contributed by atoms with Crippen molar-refractivity contribution in [1.82, 2.24) is 29.2 Å². The van der Waals surface area contributed by atoms with Gasteiger partial charge < -0.3 is 20.7 Å². The van der Waals surface area contributed by atoms with Crippen molar-refractivity contribution >= 4 is 22.8 Å². The quantitative estimate of drug-likeness (QED) is 0.342. The fourth-order valence-corrected chi connectivity index (χ4v) is 4.79. The number of hydrogen-bond donors (Lipinski definition) is 3. The van der Waals surface area contributed by atoms with Gasteiger partial charge in [0, 0.05) is 56.1 Å². The number of aliphatic hydroxyl groups excluding tert-OH is 1. The molecule has 0 aliphatic carbocycles. The predicted octanol–water partition coefficient (Wildman–Crippen LogP) is 1.75. The Kier molecular flexibility index (Phi) is 6.66. The maximum Gasteiger partial charge on any atom is 0.231 e. The third kappa shape index (κ3) is 5.07. The molecule has 1 fully saturated rings. The highest BCUT2D eigenvalue weighted by Crippen LogP contribution is 2.26. The van der Waals surface area contributed by atoms with Gasteiger partial charge in [0.1, 0.15) is 23.6 Å². The molecule has 188 valence electrons. The number of aryl methyl sites for hydroxylation is 1. The molecule has 4 heterocycles. The van der Waals surface area contributed by atoms with Crippen LogP contribution in [0, 0.1) is 11.7 Å². The molecule has 1 aliphatic rings. The zero-order valence-electron chi connectivity index (χ0n) is 20.0. The fraction of sp³-hybridized carbons (Fsp3) is 0.360. The Morgan fingerprint density at radius 1 is 1.28 bits per heavy atom. The average molecular weight is 493 g/mol. The van der Waals surface area contributed by atoms with Gasteiger partial charge in [0.25, 0.3) is 0 Å². The molecule has 11 heteroatoms. The van der Waals surface area contributed by atoms with Gasteiger partial charge in [-0.15, -0.1) is 0 Å². The zero-order valence-corrected chi connectivity index (χ0v) is 20.0. The smallest absolute Gasteiger partial charge is 0.231 e. The highest BCUT2D eigenvalue weighted by molar-refractivity contribution is 5.87. The summed E-state index contributed by atoms with van der Waals surface area (Å²) in [6.45, 7) is 2.14. The Hall–Kier alpha value is -3.83. The van der Waals surface area contributed by atoms with Crippen molar-refractivity contribution in [3.8, 4) is 11.1 Å². The number of benzene rings is 1. The Bertz CT molecular complexity index is 1380. The third-order valence-corrected chi connectivity index (χ3v) is 6.71. The van der Waals surface area contributed by atoms with Gasteiger partial charge in [-0.05, 0) is 30.7 Å². The summed E-state index contributed by atoms with van der Waals surface area (Å²) in [5.74, 6) is -0.0451. The summed E-state index contributed by atoms with van der Waals surface area (Å²) in [6.07, 6.45) is 7.15. The molecule has 1 saturated heterocycles. The first-order valence-electron chi connectivity index (χ1n) is 11.9. The van der Waals surface area contributed by atoms with Crippen molar-refractivity contribution in [3.05, 3.63) is 60.6 Å². The summed E-state index contributed by atoms with van der Waals surface area (Å²) >= 11 is 0. The van der Waals surface area contributed by atoms with Gasteiger partial charge in [-0.2, -0.15) is 5.10 Å². The number of carbonyl (C=O) groups is 1. The number of fused-ring (bicyclic) bond motifs is 1. The van der Waals surface area contributed by atoms with Crippen molar-refractivity contribution in [3.63, 3.8) is 0 Å². The highest BCUT2D eigenvalue weighted by atomic mass is 19.1. The van der Waals surface area contributed by atoms with Crippen molar-refractivity contribution in [2.75, 3.05) is 25.0 Å². The number of rotatable bonds is 8. The molecule has 4 N–H and O–H groups in total. The molecule has 1 amide bonds. The topological polar surface area (TPSA) is 127 Å². The van der Waals surface area contributed by atoms with E-state index in [9.17, 15) is 14.3 Å². The van der Waals surface area contributed by atoms with E-state index in [1.165, 1.54) is 12.4 Å². The molecule has 0 bridgehead atoms. The number of anilines is 1. The summed E-state index contributed by atoms with van der Waals surface area (Å²) in [5.41, 5.74) is 8.18. The fourth-order valence-electron chi connectivity index (χ4n) is 4.79. The first-order chi connectivity index (χ1) is 17.4. The van der Waals surface area contributed by atoms with E-state index in [0.717, 1.165) is 28.6 Å². The van der Waals surface area contributed by atoms with E-state index >= 15 is 0 Å². The minimum atomic E-state index is -0.562. The number of halogens is 1. The molecule has 3 aromatic heterocycles. The predicted molar refractivity (Wildman–Crippen MR) is 133 cm³/mol. The maximum atomic E-state index is 14.8. The molecule has 0 unspecified atom stereocenters. The van der Waals surface area contributed by atoms with Crippen molar-refractivity contribution in [1.29, 1.82) is 0 Å². The van der Waals surface area contributed by atoms with Crippen molar-refractivity contribution in [2.45, 2.75) is 25.6 Å². The third-order valence-electron chi connectivity index (χ3n) is 6.71. The number of aromatic nitrogens is 5. The Morgan fingerprint density at radius 2 is 2.14 bits per heavy atom. The first-order valence-corrected chi connectivity index (χ1v) is 11.9. The average Bonchev–Trinajstić information content (AvgIpc) is 3.46. The second kappa shape index (κ2) is 10.0.